The Balaban J connectivity index is 1.41. The Labute approximate surface area is 188 Å². The van der Waals surface area contributed by atoms with E-state index in [2.05, 4.69) is 10.4 Å². The number of hydrazine groups is 1. The van der Waals surface area contributed by atoms with Gasteiger partial charge in [-0.05, 0) is 36.4 Å². The summed E-state index contributed by atoms with van der Waals surface area (Å²) >= 11 is 8.90. The molecule has 0 saturated heterocycles. The van der Waals surface area contributed by atoms with Crippen LogP contribution in [0, 0.1) is 0 Å². The third kappa shape index (κ3) is 5.21. The summed E-state index contributed by atoms with van der Waals surface area (Å²) in [6.45, 7) is 0. The standard InChI is InChI=1S/C23H18ClN3OS2/c24-18-13-11-17(12-14-18)21-15-29-23(25-21)30-16-22(28)26-27(19-7-3-1-4-8-19)20-9-5-2-6-10-20/h1-15H,16H2,(H,26,28). The number of aromatic nitrogens is 1. The maximum atomic E-state index is 12.7. The molecule has 1 aromatic heterocycles. The number of anilines is 2. The molecular formula is C23H18ClN3OS2. The molecule has 0 bridgehead atoms. The number of halogens is 1. The van der Waals surface area contributed by atoms with Crippen molar-refractivity contribution in [2.75, 3.05) is 10.8 Å². The molecule has 150 valence electrons. The van der Waals surface area contributed by atoms with Gasteiger partial charge in [-0.3, -0.25) is 15.2 Å². The summed E-state index contributed by atoms with van der Waals surface area (Å²) in [6.07, 6.45) is 0. The zero-order valence-corrected chi connectivity index (χ0v) is 18.3. The normalized spacial score (nSPS) is 10.6. The number of rotatable bonds is 7. The molecule has 30 heavy (non-hydrogen) atoms. The molecule has 4 nitrogen and oxygen atoms in total. The number of hydrogen-bond acceptors (Lipinski definition) is 5. The first-order valence-corrected chi connectivity index (χ1v) is 11.5. The van der Waals surface area contributed by atoms with E-state index in [1.807, 2.05) is 90.3 Å². The van der Waals surface area contributed by atoms with E-state index in [0.29, 0.717) is 5.02 Å². The molecule has 0 aliphatic rings. The number of nitrogens with zero attached hydrogens (tertiary/aromatic N) is 2. The van der Waals surface area contributed by atoms with E-state index in [9.17, 15) is 4.79 Å². The summed E-state index contributed by atoms with van der Waals surface area (Å²) < 4.78 is 0.848. The molecule has 4 aromatic rings. The van der Waals surface area contributed by atoms with Crippen LogP contribution in [0.5, 0.6) is 0 Å². The van der Waals surface area contributed by atoms with Gasteiger partial charge in [0.25, 0.3) is 0 Å². The quantitative estimate of drug-likeness (QED) is 0.260. The van der Waals surface area contributed by atoms with Gasteiger partial charge in [-0.25, -0.2) is 4.98 Å². The van der Waals surface area contributed by atoms with Gasteiger partial charge in [-0.15, -0.1) is 11.3 Å². The summed E-state index contributed by atoms with van der Waals surface area (Å²) in [6, 6.07) is 27.1. The van der Waals surface area contributed by atoms with Crippen molar-refractivity contribution in [1.29, 1.82) is 0 Å². The predicted molar refractivity (Wildman–Crippen MR) is 126 cm³/mol. The smallest absolute Gasteiger partial charge is 0.249 e. The fourth-order valence-corrected chi connectivity index (χ4v) is 4.55. The number of thiazole rings is 1. The van der Waals surface area contributed by atoms with Crippen molar-refractivity contribution in [3.05, 3.63) is 95.3 Å². The molecule has 0 saturated carbocycles. The van der Waals surface area contributed by atoms with Gasteiger partial charge in [-0.1, -0.05) is 71.9 Å². The Hall–Kier alpha value is -2.80. The third-order valence-corrected chi connectivity index (χ3v) is 6.49. The van der Waals surface area contributed by atoms with Crippen LogP contribution in [0.15, 0.2) is 94.6 Å². The second-order valence-electron chi connectivity index (χ2n) is 6.34. The largest absolute Gasteiger partial charge is 0.272 e. The summed E-state index contributed by atoms with van der Waals surface area (Å²) in [4.78, 5) is 17.3. The zero-order valence-electron chi connectivity index (χ0n) is 15.9. The molecule has 1 amide bonds. The Morgan fingerprint density at radius 2 is 1.53 bits per heavy atom. The maximum absolute atomic E-state index is 12.7. The summed E-state index contributed by atoms with van der Waals surface area (Å²) in [7, 11) is 0. The fourth-order valence-electron chi connectivity index (χ4n) is 2.79. The molecule has 4 rings (SSSR count). The van der Waals surface area contributed by atoms with Gasteiger partial charge in [0.05, 0.1) is 22.8 Å². The van der Waals surface area contributed by atoms with Crippen LogP contribution >= 0.6 is 34.7 Å². The summed E-state index contributed by atoms with van der Waals surface area (Å²) in [5, 5.41) is 4.48. The molecule has 1 heterocycles. The minimum atomic E-state index is -0.101. The van der Waals surface area contributed by atoms with E-state index in [4.69, 9.17) is 11.6 Å². The molecule has 3 aromatic carbocycles. The maximum Gasteiger partial charge on any atom is 0.249 e. The molecule has 0 radical (unpaired) electrons. The monoisotopic (exact) mass is 451 g/mol. The molecule has 7 heteroatoms. The molecule has 0 fully saturated rings. The Bertz CT molecular complexity index is 1060. The van der Waals surface area contributed by atoms with Gasteiger partial charge in [-0.2, -0.15) is 0 Å². The van der Waals surface area contributed by atoms with Crippen molar-refractivity contribution >= 4 is 52.0 Å². The summed E-state index contributed by atoms with van der Waals surface area (Å²) in [5.41, 5.74) is 6.67. The lowest BCUT2D eigenvalue weighted by molar-refractivity contribution is -0.118. The van der Waals surface area contributed by atoms with Gasteiger partial charge in [0.2, 0.25) is 5.91 Å². The van der Waals surface area contributed by atoms with Gasteiger partial charge >= 0.3 is 0 Å². The molecule has 0 aliphatic heterocycles. The van der Waals surface area contributed by atoms with Crippen molar-refractivity contribution in [3.63, 3.8) is 0 Å². The van der Waals surface area contributed by atoms with E-state index in [1.54, 1.807) is 5.01 Å². The lowest BCUT2D eigenvalue weighted by Crippen LogP contribution is -2.39. The number of amides is 1. The average Bonchev–Trinajstić information content (AvgIpc) is 3.27. The van der Waals surface area contributed by atoms with Gasteiger partial charge < -0.3 is 0 Å². The first-order chi connectivity index (χ1) is 14.7. The van der Waals surface area contributed by atoms with Crippen LogP contribution in [0.1, 0.15) is 0 Å². The molecule has 0 spiro atoms. The van der Waals surface area contributed by atoms with Crippen LogP contribution in [0.25, 0.3) is 11.3 Å². The first kappa shape index (κ1) is 20.5. The van der Waals surface area contributed by atoms with Gasteiger partial charge in [0.1, 0.15) is 0 Å². The van der Waals surface area contributed by atoms with Crippen molar-refractivity contribution < 1.29 is 4.79 Å². The van der Waals surface area contributed by atoms with Gasteiger partial charge in [0, 0.05) is 16.0 Å². The minimum absolute atomic E-state index is 0.101. The highest BCUT2D eigenvalue weighted by Crippen LogP contribution is 2.29. The van der Waals surface area contributed by atoms with Crippen LogP contribution < -0.4 is 10.4 Å². The van der Waals surface area contributed by atoms with Gasteiger partial charge in [0.15, 0.2) is 4.34 Å². The van der Waals surface area contributed by atoms with Crippen LogP contribution in [-0.4, -0.2) is 16.6 Å². The number of para-hydroxylation sites is 2. The van der Waals surface area contributed by atoms with Crippen molar-refractivity contribution in [2.24, 2.45) is 0 Å². The molecule has 0 unspecified atom stereocenters. The number of carbonyl (C=O) groups is 1. The zero-order chi connectivity index (χ0) is 20.8. The topological polar surface area (TPSA) is 45.2 Å². The highest BCUT2D eigenvalue weighted by Gasteiger charge is 2.14. The number of thioether (sulfide) groups is 1. The number of carbonyl (C=O) groups excluding carboxylic acids is 1. The first-order valence-electron chi connectivity index (χ1n) is 9.23. The summed E-state index contributed by atoms with van der Waals surface area (Å²) in [5.74, 6) is 0.167. The fraction of sp³-hybridized carbons (Fsp3) is 0.0435. The number of hydrogen-bond donors (Lipinski definition) is 1. The van der Waals surface area contributed by atoms with Crippen LogP contribution in [0.4, 0.5) is 11.4 Å². The molecule has 1 N–H and O–H groups in total. The Morgan fingerprint density at radius 3 is 2.13 bits per heavy atom. The van der Waals surface area contributed by atoms with E-state index in [-0.39, 0.29) is 11.7 Å². The predicted octanol–water partition coefficient (Wildman–Crippen LogP) is 6.43. The highest BCUT2D eigenvalue weighted by molar-refractivity contribution is 8.01. The van der Waals surface area contributed by atoms with E-state index < -0.39 is 0 Å². The SMILES string of the molecule is O=C(CSc1nc(-c2ccc(Cl)cc2)cs1)NN(c1ccccc1)c1ccccc1. The third-order valence-electron chi connectivity index (χ3n) is 4.22. The molecule has 0 atom stereocenters. The minimum Gasteiger partial charge on any atom is -0.272 e. The lowest BCUT2D eigenvalue weighted by Gasteiger charge is -2.25. The number of nitrogens with one attached hydrogen (secondary N) is 1. The molecular weight excluding hydrogens is 434 g/mol. The van der Waals surface area contributed by atoms with Crippen LogP contribution in [-0.2, 0) is 4.79 Å². The van der Waals surface area contributed by atoms with Crippen molar-refractivity contribution in [1.82, 2.24) is 10.4 Å². The second kappa shape index (κ2) is 9.80. The molecule has 0 aliphatic carbocycles. The Morgan fingerprint density at radius 1 is 0.933 bits per heavy atom. The average molecular weight is 452 g/mol. The van der Waals surface area contributed by atoms with E-state index in [0.717, 1.165) is 27.0 Å². The second-order valence-corrected chi connectivity index (χ2v) is 8.85. The van der Waals surface area contributed by atoms with Crippen LogP contribution in [0.2, 0.25) is 5.02 Å². The van der Waals surface area contributed by atoms with Crippen molar-refractivity contribution in [3.8, 4) is 11.3 Å². The highest BCUT2D eigenvalue weighted by atomic mass is 35.5. The van der Waals surface area contributed by atoms with Crippen molar-refractivity contribution in [2.45, 2.75) is 4.34 Å². The van der Waals surface area contributed by atoms with E-state index in [1.165, 1.54) is 23.1 Å². The lowest BCUT2D eigenvalue weighted by atomic mass is 10.2. The number of benzene rings is 3. The van der Waals surface area contributed by atoms with Crippen LogP contribution in [0.3, 0.4) is 0 Å². The Kier molecular flexibility index (Phi) is 6.69. The van der Waals surface area contributed by atoms with E-state index >= 15 is 0 Å².